The number of fused-ring (bicyclic) bond motifs is 2. The molecule has 0 spiro atoms. The monoisotopic (exact) mass is 420 g/mol. The quantitative estimate of drug-likeness (QED) is 0.451. The number of aliphatic hydroxyl groups excluding tert-OH is 1. The molecule has 0 aliphatic heterocycles. The van der Waals surface area contributed by atoms with Gasteiger partial charge >= 0.3 is 0 Å². The van der Waals surface area contributed by atoms with Crippen molar-refractivity contribution >= 4 is 28.4 Å². The lowest BCUT2D eigenvalue weighted by Crippen LogP contribution is -2.50. The van der Waals surface area contributed by atoms with Gasteiger partial charge in [0, 0.05) is 36.3 Å². The molecule has 10 heteroatoms. The summed E-state index contributed by atoms with van der Waals surface area (Å²) in [7, 11) is 1.80. The van der Waals surface area contributed by atoms with E-state index >= 15 is 0 Å². The summed E-state index contributed by atoms with van der Waals surface area (Å²) >= 11 is 0. The van der Waals surface area contributed by atoms with Crippen LogP contribution in [0.2, 0.25) is 0 Å². The first kappa shape index (κ1) is 19.4. The smallest absolute Gasteiger partial charge is 0.257 e. The number of rotatable bonds is 5. The van der Waals surface area contributed by atoms with Crippen molar-refractivity contribution < 1.29 is 9.90 Å². The van der Waals surface area contributed by atoms with Crippen LogP contribution >= 0.6 is 0 Å². The average molecular weight is 420 g/mol. The highest BCUT2D eigenvalue weighted by Crippen LogP contribution is 2.32. The lowest BCUT2D eigenvalue weighted by molar-refractivity contribution is 0.0448. The molecule has 2 atom stereocenters. The lowest BCUT2D eigenvalue weighted by atomic mass is 9.89. The Balaban J connectivity index is 1.65. The second-order valence-electron chi connectivity index (χ2n) is 8.11. The normalized spacial score (nSPS) is 18.5. The molecular formula is C21H24N8O2. The molecule has 1 amide bonds. The molecule has 1 aliphatic carbocycles. The van der Waals surface area contributed by atoms with Crippen LogP contribution in [0.1, 0.15) is 43.1 Å². The van der Waals surface area contributed by atoms with E-state index < -0.39 is 6.10 Å². The van der Waals surface area contributed by atoms with Crippen LogP contribution in [-0.4, -0.2) is 59.6 Å². The molecule has 4 heterocycles. The summed E-state index contributed by atoms with van der Waals surface area (Å²) in [5, 5.41) is 29.5. The van der Waals surface area contributed by atoms with Gasteiger partial charge in [0.2, 0.25) is 0 Å². The van der Waals surface area contributed by atoms with Crippen LogP contribution in [0, 0.1) is 0 Å². The molecule has 0 bridgehead atoms. The molecule has 0 aromatic carbocycles. The Bertz CT molecular complexity index is 1290. The van der Waals surface area contributed by atoms with Gasteiger partial charge < -0.3 is 20.3 Å². The van der Waals surface area contributed by atoms with E-state index in [2.05, 4.69) is 44.3 Å². The molecular weight excluding hydrogens is 396 g/mol. The summed E-state index contributed by atoms with van der Waals surface area (Å²) in [6.07, 6.45) is 6.16. The molecule has 31 heavy (non-hydrogen) atoms. The first-order valence-electron chi connectivity index (χ1n) is 10.4. The molecule has 0 unspecified atom stereocenters. The fourth-order valence-corrected chi connectivity index (χ4v) is 3.93. The molecule has 0 saturated heterocycles. The minimum Gasteiger partial charge on any atom is -0.391 e. The highest BCUT2D eigenvalue weighted by Gasteiger charge is 2.31. The van der Waals surface area contributed by atoms with E-state index in [1.807, 2.05) is 18.3 Å². The van der Waals surface area contributed by atoms with Gasteiger partial charge in [0.1, 0.15) is 11.4 Å². The molecule has 5 rings (SSSR count). The van der Waals surface area contributed by atoms with Gasteiger partial charge in [-0.3, -0.25) is 4.79 Å². The van der Waals surface area contributed by atoms with Crippen molar-refractivity contribution in [3.63, 3.8) is 0 Å². The van der Waals surface area contributed by atoms with E-state index in [0.717, 1.165) is 23.0 Å². The van der Waals surface area contributed by atoms with Crippen LogP contribution < -0.4 is 10.6 Å². The Labute approximate surface area is 178 Å². The fourth-order valence-electron chi connectivity index (χ4n) is 3.93. The largest absolute Gasteiger partial charge is 0.391 e. The van der Waals surface area contributed by atoms with Gasteiger partial charge in [-0.25, -0.2) is 4.98 Å². The maximum atomic E-state index is 12.9. The number of aromatic nitrogens is 6. The number of anilines is 1. The third-order valence-electron chi connectivity index (χ3n) is 5.86. The number of carbonyl (C=O) groups excluding carboxylic acids is 1. The lowest BCUT2D eigenvalue weighted by Gasteiger charge is -2.32. The Morgan fingerprint density at radius 2 is 2.13 bits per heavy atom. The third kappa shape index (κ3) is 3.10. The number of carbonyl (C=O) groups is 1. The highest BCUT2D eigenvalue weighted by molar-refractivity contribution is 6.01. The molecule has 0 radical (unpaired) electrons. The molecule has 10 nitrogen and oxygen atoms in total. The molecule has 3 N–H and O–H groups in total. The predicted octanol–water partition coefficient (Wildman–Crippen LogP) is 2.02. The summed E-state index contributed by atoms with van der Waals surface area (Å²) in [5.41, 5.74) is 3.20. The van der Waals surface area contributed by atoms with E-state index in [0.29, 0.717) is 29.1 Å². The number of hydrogen-bond acceptors (Lipinski definition) is 7. The van der Waals surface area contributed by atoms with Crippen molar-refractivity contribution in [3.05, 3.63) is 36.3 Å². The van der Waals surface area contributed by atoms with Crippen LogP contribution in [0.15, 0.2) is 30.7 Å². The van der Waals surface area contributed by atoms with Crippen LogP contribution in [0.25, 0.3) is 27.9 Å². The van der Waals surface area contributed by atoms with Gasteiger partial charge in [0.25, 0.3) is 5.91 Å². The van der Waals surface area contributed by atoms with Crippen LogP contribution in [0.5, 0.6) is 0 Å². The van der Waals surface area contributed by atoms with Crippen LogP contribution in [0.3, 0.4) is 0 Å². The third-order valence-corrected chi connectivity index (χ3v) is 5.86. The maximum Gasteiger partial charge on any atom is 0.257 e. The first-order valence-corrected chi connectivity index (χ1v) is 10.4. The Morgan fingerprint density at radius 1 is 1.29 bits per heavy atom. The summed E-state index contributed by atoms with van der Waals surface area (Å²) in [5.74, 6) is 0.413. The molecule has 4 aromatic heterocycles. The second kappa shape index (κ2) is 7.31. The number of hydrogen-bond donors (Lipinski definition) is 3. The summed E-state index contributed by atoms with van der Waals surface area (Å²) < 4.78 is 3.67. The zero-order valence-corrected chi connectivity index (χ0v) is 17.6. The zero-order valence-electron chi connectivity index (χ0n) is 17.6. The van der Waals surface area contributed by atoms with E-state index in [4.69, 9.17) is 4.98 Å². The van der Waals surface area contributed by atoms with E-state index in [9.17, 15) is 9.90 Å². The van der Waals surface area contributed by atoms with Crippen LogP contribution in [-0.2, 0) is 0 Å². The Morgan fingerprint density at radius 3 is 2.81 bits per heavy atom. The molecule has 1 aliphatic rings. The van der Waals surface area contributed by atoms with Gasteiger partial charge in [-0.1, -0.05) is 0 Å². The van der Waals surface area contributed by atoms with Gasteiger partial charge in [0.15, 0.2) is 11.3 Å². The van der Waals surface area contributed by atoms with Gasteiger partial charge in [0.05, 0.1) is 30.2 Å². The minimum atomic E-state index is -0.495. The minimum absolute atomic E-state index is 0.200. The highest BCUT2D eigenvalue weighted by atomic mass is 16.3. The second-order valence-corrected chi connectivity index (χ2v) is 8.11. The number of amides is 1. The van der Waals surface area contributed by atoms with E-state index in [-0.39, 0.29) is 18.0 Å². The molecule has 160 valence electrons. The SMILES string of the molecule is CNc1cc(-c2cn(C(C)C)c3nnccc23)nc2c(C(=O)N[C@@H]3CC[C@@H]3O)cnn12. The average Bonchev–Trinajstić information content (AvgIpc) is 3.37. The van der Waals surface area contributed by atoms with Crippen molar-refractivity contribution in [1.82, 2.24) is 34.7 Å². The summed E-state index contributed by atoms with van der Waals surface area (Å²) in [4.78, 5) is 17.7. The van der Waals surface area contributed by atoms with Crippen molar-refractivity contribution in [2.24, 2.45) is 0 Å². The van der Waals surface area contributed by atoms with Gasteiger partial charge in [-0.05, 0) is 32.8 Å². The maximum absolute atomic E-state index is 12.9. The molecule has 4 aromatic rings. The topological polar surface area (TPSA) is 122 Å². The number of nitrogens with one attached hydrogen (secondary N) is 2. The van der Waals surface area contributed by atoms with Gasteiger partial charge in [-0.2, -0.15) is 14.7 Å². The van der Waals surface area contributed by atoms with Crippen LogP contribution in [0.4, 0.5) is 5.82 Å². The van der Waals surface area contributed by atoms with Crippen molar-refractivity contribution in [3.8, 4) is 11.3 Å². The molecule has 1 fully saturated rings. The van der Waals surface area contributed by atoms with Crippen molar-refractivity contribution in [2.45, 2.75) is 44.9 Å². The Kier molecular flexibility index (Phi) is 4.58. The van der Waals surface area contributed by atoms with E-state index in [1.165, 1.54) is 6.20 Å². The number of aliphatic hydroxyl groups is 1. The Hall–Kier alpha value is -3.53. The van der Waals surface area contributed by atoms with Crippen molar-refractivity contribution in [2.75, 3.05) is 12.4 Å². The van der Waals surface area contributed by atoms with Crippen molar-refractivity contribution in [1.29, 1.82) is 0 Å². The summed E-state index contributed by atoms with van der Waals surface area (Å²) in [6, 6.07) is 3.79. The fraction of sp³-hybridized carbons (Fsp3) is 0.381. The first-order chi connectivity index (χ1) is 15.0. The zero-order chi connectivity index (χ0) is 21.7. The van der Waals surface area contributed by atoms with E-state index in [1.54, 1.807) is 17.8 Å². The predicted molar refractivity (Wildman–Crippen MR) is 116 cm³/mol. The molecule has 1 saturated carbocycles. The number of nitrogens with zero attached hydrogens (tertiary/aromatic N) is 6. The standard InChI is InChI=1S/C21H24N8O2/c1-11(2)28-10-14(12-6-7-23-27-20(12)28)16-8-18(22-3)29-19(25-16)13(9-24-29)21(31)26-15-4-5-17(15)30/h6-11,15,17,22,30H,4-5H2,1-3H3,(H,26,31)/t15-,17+/m1/s1. The van der Waals surface area contributed by atoms with Gasteiger partial charge in [-0.15, -0.1) is 5.10 Å². The summed E-state index contributed by atoms with van der Waals surface area (Å²) in [6.45, 7) is 4.17.